The number of benzene rings is 1. The number of amides is 2. The van der Waals surface area contributed by atoms with Gasteiger partial charge in [-0.3, -0.25) is 4.79 Å². The van der Waals surface area contributed by atoms with Gasteiger partial charge in [0, 0.05) is 31.2 Å². The van der Waals surface area contributed by atoms with Crippen molar-refractivity contribution in [2.75, 3.05) is 6.54 Å². The molecule has 1 fully saturated rings. The summed E-state index contributed by atoms with van der Waals surface area (Å²) in [5.74, 6) is -2.26. The lowest BCUT2D eigenvalue weighted by Gasteiger charge is -2.22. The van der Waals surface area contributed by atoms with Crippen LogP contribution in [0.5, 0.6) is 5.75 Å². The molecule has 0 saturated heterocycles. The zero-order valence-electron chi connectivity index (χ0n) is 13.1. The predicted molar refractivity (Wildman–Crippen MR) is 81.8 cm³/mol. The van der Waals surface area contributed by atoms with E-state index >= 15 is 0 Å². The fourth-order valence-corrected chi connectivity index (χ4v) is 2.66. The van der Waals surface area contributed by atoms with Crippen molar-refractivity contribution in [3.8, 4) is 5.75 Å². The lowest BCUT2D eigenvalue weighted by molar-refractivity contribution is -0.137. The first-order valence-corrected chi connectivity index (χ1v) is 7.83. The van der Waals surface area contributed by atoms with Crippen LogP contribution in [0.4, 0.5) is 13.6 Å². The summed E-state index contributed by atoms with van der Waals surface area (Å²) in [5, 5.41) is 13.9. The molecule has 24 heavy (non-hydrogen) atoms. The number of aliphatic carboxylic acids is 1. The van der Waals surface area contributed by atoms with Crippen LogP contribution in [0.2, 0.25) is 0 Å². The monoisotopic (exact) mass is 342 g/mol. The molecule has 0 spiro atoms. The van der Waals surface area contributed by atoms with E-state index in [9.17, 15) is 18.4 Å². The van der Waals surface area contributed by atoms with Crippen LogP contribution >= 0.6 is 0 Å². The van der Waals surface area contributed by atoms with Crippen molar-refractivity contribution >= 4 is 12.0 Å². The van der Waals surface area contributed by atoms with Crippen LogP contribution in [0.3, 0.4) is 0 Å². The number of ether oxygens (including phenoxy) is 1. The Morgan fingerprint density at radius 3 is 2.58 bits per heavy atom. The van der Waals surface area contributed by atoms with E-state index in [1.165, 1.54) is 0 Å². The average Bonchev–Trinajstić information content (AvgIpc) is 2.89. The van der Waals surface area contributed by atoms with Crippen LogP contribution in [0.25, 0.3) is 0 Å². The largest absolute Gasteiger partial charge is 0.488 e. The van der Waals surface area contributed by atoms with Gasteiger partial charge in [0.25, 0.3) is 0 Å². The molecule has 6 nitrogen and oxygen atoms in total. The van der Waals surface area contributed by atoms with Crippen molar-refractivity contribution in [2.45, 2.75) is 44.2 Å². The minimum absolute atomic E-state index is 0.0133. The normalized spacial score (nSPS) is 19.8. The Labute approximate surface area is 138 Å². The number of halogens is 2. The molecule has 0 aliphatic heterocycles. The van der Waals surface area contributed by atoms with Gasteiger partial charge in [-0.25, -0.2) is 13.6 Å². The van der Waals surface area contributed by atoms with Gasteiger partial charge in [0.05, 0.1) is 6.04 Å². The van der Waals surface area contributed by atoms with E-state index in [2.05, 4.69) is 10.6 Å². The summed E-state index contributed by atoms with van der Waals surface area (Å²) in [4.78, 5) is 22.2. The molecule has 1 aromatic rings. The summed E-state index contributed by atoms with van der Waals surface area (Å²) in [5.41, 5.74) is 0. The van der Waals surface area contributed by atoms with Crippen molar-refractivity contribution in [2.24, 2.45) is 0 Å². The molecule has 8 heteroatoms. The molecule has 2 atom stereocenters. The van der Waals surface area contributed by atoms with E-state index in [4.69, 9.17) is 9.84 Å². The molecule has 0 bridgehead atoms. The lowest BCUT2D eigenvalue weighted by Crippen LogP contribution is -2.47. The van der Waals surface area contributed by atoms with Crippen LogP contribution in [-0.2, 0) is 4.79 Å². The lowest BCUT2D eigenvalue weighted by atomic mass is 10.2. The maximum absolute atomic E-state index is 13.2. The van der Waals surface area contributed by atoms with E-state index in [0.29, 0.717) is 19.3 Å². The fraction of sp³-hybridized carbons (Fsp3) is 0.500. The van der Waals surface area contributed by atoms with E-state index < -0.39 is 23.6 Å². The Bertz CT molecular complexity index is 577. The third-order valence-corrected chi connectivity index (χ3v) is 3.75. The second-order valence-corrected chi connectivity index (χ2v) is 5.70. The molecule has 2 rings (SSSR count). The second kappa shape index (κ2) is 8.47. The minimum atomic E-state index is -0.913. The Kier molecular flexibility index (Phi) is 6.34. The van der Waals surface area contributed by atoms with E-state index in [-0.39, 0.29) is 30.9 Å². The first-order chi connectivity index (χ1) is 11.4. The van der Waals surface area contributed by atoms with Gasteiger partial charge in [-0.15, -0.1) is 0 Å². The Hall–Kier alpha value is -2.38. The van der Waals surface area contributed by atoms with Gasteiger partial charge in [0.15, 0.2) is 0 Å². The van der Waals surface area contributed by atoms with Crippen molar-refractivity contribution in [1.29, 1.82) is 0 Å². The van der Waals surface area contributed by atoms with E-state index in [1.807, 2.05) is 0 Å². The summed E-state index contributed by atoms with van der Waals surface area (Å²) < 4.78 is 32.0. The van der Waals surface area contributed by atoms with Crippen LogP contribution < -0.4 is 15.4 Å². The minimum Gasteiger partial charge on any atom is -0.488 e. The van der Waals surface area contributed by atoms with Crippen molar-refractivity contribution in [3.05, 3.63) is 29.8 Å². The number of carboxylic acids is 1. The van der Waals surface area contributed by atoms with Crippen LogP contribution in [0.1, 0.15) is 32.1 Å². The summed E-state index contributed by atoms with van der Waals surface area (Å²) in [6, 6.07) is 2.29. The molecule has 3 N–H and O–H groups in total. The highest BCUT2D eigenvalue weighted by atomic mass is 19.1. The number of carbonyl (C=O) groups excluding carboxylic acids is 1. The zero-order chi connectivity index (χ0) is 17.5. The quantitative estimate of drug-likeness (QED) is 0.664. The third kappa shape index (κ3) is 5.68. The van der Waals surface area contributed by atoms with Crippen LogP contribution in [-0.4, -0.2) is 35.8 Å². The first kappa shape index (κ1) is 18.0. The van der Waals surface area contributed by atoms with E-state index in [1.54, 1.807) is 0 Å². The highest BCUT2D eigenvalue weighted by Crippen LogP contribution is 2.25. The van der Waals surface area contributed by atoms with E-state index in [0.717, 1.165) is 24.6 Å². The number of hydrogen-bond donors (Lipinski definition) is 3. The summed E-state index contributed by atoms with van der Waals surface area (Å²) >= 11 is 0. The molecule has 0 unspecified atom stereocenters. The predicted octanol–water partition coefficient (Wildman–Crippen LogP) is 2.43. The van der Waals surface area contributed by atoms with Crippen molar-refractivity contribution in [3.63, 3.8) is 0 Å². The molecule has 1 saturated carbocycles. The summed E-state index contributed by atoms with van der Waals surface area (Å²) in [6.45, 7) is 0.255. The highest BCUT2D eigenvalue weighted by molar-refractivity contribution is 5.74. The smallest absolute Gasteiger partial charge is 0.315 e. The SMILES string of the molecule is O=C(O)CCCNC(=O)N[C@H]1CCC[C@H]1Oc1cc(F)cc(F)c1. The maximum Gasteiger partial charge on any atom is 0.315 e. The molecule has 1 aromatic carbocycles. The third-order valence-electron chi connectivity index (χ3n) is 3.75. The number of nitrogens with one attached hydrogen (secondary N) is 2. The van der Waals surface area contributed by atoms with Gasteiger partial charge in [0.1, 0.15) is 23.5 Å². The summed E-state index contributed by atoms with van der Waals surface area (Å²) in [6.07, 6.45) is 2.16. The van der Waals surface area contributed by atoms with Crippen LogP contribution in [0.15, 0.2) is 18.2 Å². The molecule has 132 valence electrons. The standard InChI is InChI=1S/C16H20F2N2O4/c17-10-7-11(18)9-12(8-10)24-14-4-1-3-13(14)20-16(23)19-6-2-5-15(21)22/h7-9,13-14H,1-6H2,(H,21,22)(H2,19,20,23)/t13-,14+/m0/s1. The molecule has 0 aromatic heterocycles. The molecule has 1 aliphatic rings. The van der Waals surface area contributed by atoms with Gasteiger partial charge in [-0.1, -0.05) is 0 Å². The molecule has 1 aliphatic carbocycles. The topological polar surface area (TPSA) is 87.7 Å². The number of carboxylic acid groups (broad SMARTS) is 1. The molecule has 0 heterocycles. The average molecular weight is 342 g/mol. The Morgan fingerprint density at radius 2 is 1.92 bits per heavy atom. The van der Waals surface area contributed by atoms with Gasteiger partial charge >= 0.3 is 12.0 Å². The number of hydrogen-bond acceptors (Lipinski definition) is 3. The molecule has 0 radical (unpaired) electrons. The first-order valence-electron chi connectivity index (χ1n) is 7.83. The van der Waals surface area contributed by atoms with Crippen molar-refractivity contribution < 1.29 is 28.2 Å². The van der Waals surface area contributed by atoms with Crippen molar-refractivity contribution in [1.82, 2.24) is 10.6 Å². The fourth-order valence-electron chi connectivity index (χ4n) is 2.66. The van der Waals surface area contributed by atoms with Gasteiger partial charge in [-0.2, -0.15) is 0 Å². The maximum atomic E-state index is 13.2. The van der Waals surface area contributed by atoms with Gasteiger partial charge < -0.3 is 20.5 Å². The summed E-state index contributed by atoms with van der Waals surface area (Å²) in [7, 11) is 0. The second-order valence-electron chi connectivity index (χ2n) is 5.70. The number of urea groups is 1. The molecule has 2 amide bonds. The Balaban J connectivity index is 1.81. The number of carbonyl (C=O) groups is 2. The molecular formula is C16H20F2N2O4. The number of rotatable bonds is 7. The van der Waals surface area contributed by atoms with Gasteiger partial charge in [0.2, 0.25) is 0 Å². The highest BCUT2D eigenvalue weighted by Gasteiger charge is 2.30. The van der Waals surface area contributed by atoms with Gasteiger partial charge in [-0.05, 0) is 25.7 Å². The van der Waals surface area contributed by atoms with Crippen LogP contribution in [0, 0.1) is 11.6 Å². The Morgan fingerprint density at radius 1 is 1.21 bits per heavy atom. The zero-order valence-corrected chi connectivity index (χ0v) is 13.1. The molecular weight excluding hydrogens is 322 g/mol.